The lowest BCUT2D eigenvalue weighted by atomic mass is 9.91. The number of hydrogen-bond donors (Lipinski definition) is 1. The molecule has 2 aliphatic rings. The molecule has 1 unspecified atom stereocenters. The first-order valence-corrected chi connectivity index (χ1v) is 12.2. The number of fused-ring (bicyclic) bond motifs is 1. The number of para-hydroxylation sites is 1. The second kappa shape index (κ2) is 10.4. The second-order valence-corrected chi connectivity index (χ2v) is 9.19. The van der Waals surface area contributed by atoms with Crippen LogP contribution in [0.4, 0.5) is 5.69 Å². The van der Waals surface area contributed by atoms with Gasteiger partial charge in [0, 0.05) is 13.1 Å². The minimum absolute atomic E-state index is 0.0127. The van der Waals surface area contributed by atoms with Gasteiger partial charge in [-0.25, -0.2) is 4.90 Å². The maximum Gasteiger partial charge on any atom is 0.251 e. The van der Waals surface area contributed by atoms with Crippen molar-refractivity contribution in [3.63, 3.8) is 0 Å². The summed E-state index contributed by atoms with van der Waals surface area (Å²) in [6.07, 6.45) is 0.387. The van der Waals surface area contributed by atoms with E-state index in [-0.39, 0.29) is 24.1 Å². The third-order valence-electron chi connectivity index (χ3n) is 7.02. The van der Waals surface area contributed by atoms with E-state index in [2.05, 4.69) is 5.32 Å². The van der Waals surface area contributed by atoms with E-state index in [0.29, 0.717) is 36.7 Å². The molecule has 3 aromatic carbocycles. The molecular weight excluding hydrogens is 470 g/mol. The summed E-state index contributed by atoms with van der Waals surface area (Å²) >= 11 is 0. The number of nitrogens with one attached hydrogen (secondary N) is 1. The van der Waals surface area contributed by atoms with Gasteiger partial charge in [0.15, 0.2) is 11.5 Å². The highest BCUT2D eigenvalue weighted by Gasteiger charge is 2.47. The average Bonchev–Trinajstić information content (AvgIpc) is 3.24. The van der Waals surface area contributed by atoms with Crippen LogP contribution in [0, 0.1) is 0 Å². The Kier molecular flexibility index (Phi) is 6.92. The molecule has 37 heavy (non-hydrogen) atoms. The van der Waals surface area contributed by atoms with E-state index in [1.165, 1.54) is 4.90 Å². The van der Waals surface area contributed by atoms with Gasteiger partial charge in [0.25, 0.3) is 5.91 Å². The van der Waals surface area contributed by atoms with Crippen molar-refractivity contribution in [1.82, 2.24) is 10.2 Å². The van der Waals surface area contributed by atoms with Crippen LogP contribution in [0.25, 0.3) is 0 Å². The number of imide groups is 1. The number of carbonyl (C=O) groups excluding carboxylic acids is 3. The summed E-state index contributed by atoms with van der Waals surface area (Å²) in [5.41, 5.74) is 3.40. The summed E-state index contributed by atoms with van der Waals surface area (Å²) in [6, 6.07) is 21.0. The number of rotatable bonds is 7. The van der Waals surface area contributed by atoms with Crippen LogP contribution in [0.2, 0.25) is 0 Å². The third kappa shape index (κ3) is 4.80. The molecule has 1 N–H and O–H groups in total. The molecule has 2 heterocycles. The Balaban J connectivity index is 1.47. The van der Waals surface area contributed by atoms with E-state index in [0.717, 1.165) is 16.7 Å². The molecule has 3 amide bonds. The smallest absolute Gasteiger partial charge is 0.251 e. The molecule has 1 fully saturated rings. The predicted octanol–water partition coefficient (Wildman–Crippen LogP) is 3.08. The average molecular weight is 500 g/mol. The summed E-state index contributed by atoms with van der Waals surface area (Å²) in [4.78, 5) is 43.2. The van der Waals surface area contributed by atoms with Crippen LogP contribution < -0.4 is 19.7 Å². The van der Waals surface area contributed by atoms with E-state index >= 15 is 0 Å². The highest BCUT2D eigenvalue weighted by atomic mass is 16.5. The van der Waals surface area contributed by atoms with Crippen molar-refractivity contribution < 1.29 is 23.9 Å². The Labute approximate surface area is 215 Å². The van der Waals surface area contributed by atoms with Crippen LogP contribution in [0.3, 0.4) is 0 Å². The molecule has 3 aromatic rings. The molecule has 8 heteroatoms. The highest BCUT2D eigenvalue weighted by molar-refractivity contribution is 6.22. The van der Waals surface area contributed by atoms with Gasteiger partial charge in [0.1, 0.15) is 0 Å². The van der Waals surface area contributed by atoms with Crippen LogP contribution in [0.5, 0.6) is 11.5 Å². The van der Waals surface area contributed by atoms with Gasteiger partial charge in [-0.2, -0.15) is 0 Å². The van der Waals surface area contributed by atoms with Crippen molar-refractivity contribution in [3.05, 3.63) is 89.5 Å². The lowest BCUT2D eigenvalue weighted by molar-refractivity contribution is -0.131. The van der Waals surface area contributed by atoms with Gasteiger partial charge >= 0.3 is 0 Å². The van der Waals surface area contributed by atoms with Crippen molar-refractivity contribution >= 4 is 23.4 Å². The minimum Gasteiger partial charge on any atom is -0.493 e. The number of benzene rings is 3. The van der Waals surface area contributed by atoms with Gasteiger partial charge in [-0.05, 0) is 47.4 Å². The molecule has 0 radical (unpaired) electrons. The zero-order valence-corrected chi connectivity index (χ0v) is 20.8. The molecule has 1 saturated heterocycles. The first-order valence-electron chi connectivity index (χ1n) is 12.2. The maximum absolute atomic E-state index is 13.6. The molecular formula is C29H29N3O5. The molecule has 2 aliphatic heterocycles. The normalized spacial score (nSPS) is 19.5. The number of carbonyl (C=O) groups is 3. The van der Waals surface area contributed by atoms with Crippen molar-refractivity contribution in [2.24, 2.45) is 0 Å². The minimum atomic E-state index is -0.749. The van der Waals surface area contributed by atoms with Crippen molar-refractivity contribution in [3.8, 4) is 11.5 Å². The first kappa shape index (κ1) is 24.5. The van der Waals surface area contributed by atoms with Crippen molar-refractivity contribution in [2.75, 3.05) is 19.1 Å². The number of amides is 3. The molecule has 0 spiro atoms. The molecule has 190 valence electrons. The Bertz CT molecular complexity index is 1310. The summed E-state index contributed by atoms with van der Waals surface area (Å²) < 4.78 is 11.0. The Hall–Kier alpha value is -4.17. The highest BCUT2D eigenvalue weighted by Crippen LogP contribution is 2.37. The van der Waals surface area contributed by atoms with Gasteiger partial charge in [-0.15, -0.1) is 0 Å². The number of anilines is 1. The fraction of sp³-hybridized carbons (Fsp3) is 0.276. The molecule has 0 aliphatic carbocycles. The zero-order chi connectivity index (χ0) is 25.9. The van der Waals surface area contributed by atoms with E-state index in [1.807, 2.05) is 53.4 Å². The van der Waals surface area contributed by atoms with Gasteiger partial charge in [-0.1, -0.05) is 48.5 Å². The molecule has 0 bridgehead atoms. The first-order chi connectivity index (χ1) is 18.0. The summed E-state index contributed by atoms with van der Waals surface area (Å²) in [5, 5.41) is 3.03. The quantitative estimate of drug-likeness (QED) is 0.503. The van der Waals surface area contributed by atoms with Gasteiger partial charge < -0.3 is 14.8 Å². The molecule has 2 atom stereocenters. The van der Waals surface area contributed by atoms with Crippen LogP contribution in [-0.2, 0) is 33.9 Å². The fourth-order valence-corrected chi connectivity index (χ4v) is 5.13. The van der Waals surface area contributed by atoms with Crippen LogP contribution >= 0.6 is 0 Å². The lowest BCUT2D eigenvalue weighted by Gasteiger charge is -2.39. The van der Waals surface area contributed by atoms with E-state index in [4.69, 9.17) is 9.47 Å². The molecule has 0 aromatic heterocycles. The van der Waals surface area contributed by atoms with Crippen LogP contribution in [0.15, 0.2) is 72.8 Å². The Morgan fingerprint density at radius 3 is 2.16 bits per heavy atom. The second-order valence-electron chi connectivity index (χ2n) is 9.19. The molecule has 5 rings (SSSR count). The Morgan fingerprint density at radius 1 is 0.892 bits per heavy atom. The van der Waals surface area contributed by atoms with Crippen molar-refractivity contribution in [2.45, 2.75) is 38.0 Å². The largest absolute Gasteiger partial charge is 0.493 e. The van der Waals surface area contributed by atoms with E-state index in [9.17, 15) is 14.4 Å². The molecule has 8 nitrogen and oxygen atoms in total. The van der Waals surface area contributed by atoms with E-state index in [1.54, 1.807) is 38.5 Å². The molecule has 0 saturated carbocycles. The van der Waals surface area contributed by atoms with Gasteiger partial charge in [-0.3, -0.25) is 19.3 Å². The van der Waals surface area contributed by atoms with Gasteiger partial charge in [0.05, 0.1) is 38.4 Å². The van der Waals surface area contributed by atoms with Gasteiger partial charge in [0.2, 0.25) is 11.8 Å². The van der Waals surface area contributed by atoms with E-state index < -0.39 is 12.1 Å². The predicted molar refractivity (Wildman–Crippen MR) is 138 cm³/mol. The number of nitrogens with zero attached hydrogens (tertiary/aromatic N) is 2. The zero-order valence-electron chi connectivity index (χ0n) is 20.8. The number of methoxy groups -OCH3 is 2. The van der Waals surface area contributed by atoms with Crippen LogP contribution in [-0.4, -0.2) is 48.9 Å². The summed E-state index contributed by atoms with van der Waals surface area (Å²) in [6.45, 7) is 0.696. The third-order valence-corrected chi connectivity index (χ3v) is 7.02. The van der Waals surface area contributed by atoms with Crippen LogP contribution in [0.1, 0.15) is 23.1 Å². The summed E-state index contributed by atoms with van der Waals surface area (Å²) in [7, 11) is 3.14. The summed E-state index contributed by atoms with van der Waals surface area (Å²) in [5.74, 6) is 0.375. The fourth-order valence-electron chi connectivity index (χ4n) is 5.13. The maximum atomic E-state index is 13.6. The SMILES string of the molecule is COc1cc2c(cc1OC)CN(C1CC(=O)N(c3ccccc3)C1=O)[C@H](C(=O)NCc1ccccc1)C2. The standard InChI is InChI=1S/C29H29N3O5/c1-36-25-14-20-13-23(28(34)30-17-19-9-5-3-6-10-19)31(18-21(20)15-26(25)37-2)24-16-27(33)32(29(24)35)22-11-7-4-8-12-22/h3-12,14-15,23-24H,13,16-18H2,1-2H3,(H,30,34)/t23-,24?/m0/s1. The topological polar surface area (TPSA) is 88.2 Å². The monoisotopic (exact) mass is 499 g/mol. The number of hydrogen-bond acceptors (Lipinski definition) is 6. The lowest BCUT2D eigenvalue weighted by Crippen LogP contribution is -2.55. The number of ether oxygens (including phenoxy) is 2. The van der Waals surface area contributed by atoms with Crippen molar-refractivity contribution in [1.29, 1.82) is 0 Å². The Morgan fingerprint density at radius 2 is 1.51 bits per heavy atom.